The molecular weight excluding hydrogens is 396 g/mol. The maximum absolute atomic E-state index is 8.00. The third-order valence-electron chi connectivity index (χ3n) is 4.33. The lowest BCUT2D eigenvalue weighted by molar-refractivity contribution is -0.0979. The Labute approximate surface area is 200 Å². The van der Waals surface area contributed by atoms with Crippen molar-refractivity contribution in [2.24, 2.45) is 11.8 Å². The van der Waals surface area contributed by atoms with Gasteiger partial charge in [0.15, 0.2) is 0 Å². The number of hydrogen-bond donors (Lipinski definition) is 0. The Hall–Kier alpha value is -2.39. The molecule has 0 rings (SSSR count). The Balaban J connectivity index is -0.000000499. The van der Waals surface area contributed by atoms with E-state index in [1.54, 1.807) is 20.3 Å². The number of rotatable bonds is 12. The molecule has 3 heteroatoms. The summed E-state index contributed by atoms with van der Waals surface area (Å²) in [7, 11) is 3.24. The van der Waals surface area contributed by atoms with Crippen LogP contribution in [0.15, 0.2) is 84.7 Å². The first-order valence-electron chi connectivity index (χ1n) is 11.1. The lowest BCUT2D eigenvalue weighted by Gasteiger charge is -2.16. The molecule has 0 radical (unpaired) electrons. The van der Waals surface area contributed by atoms with Gasteiger partial charge in [0.25, 0.3) is 0 Å². The van der Waals surface area contributed by atoms with Crippen molar-refractivity contribution < 1.29 is 14.3 Å². The first kappa shape index (κ1) is 37.0. The van der Waals surface area contributed by atoms with Gasteiger partial charge in [0.1, 0.15) is 12.5 Å². The van der Waals surface area contributed by atoms with E-state index in [4.69, 9.17) is 14.3 Å². The molecule has 0 saturated carbocycles. The Morgan fingerprint density at radius 2 is 1.41 bits per heavy atom. The minimum atomic E-state index is 0.417. The fraction of sp³-hybridized carbons (Fsp3) is 0.483. The summed E-state index contributed by atoms with van der Waals surface area (Å²) in [6.45, 7) is 36.9. The molecule has 0 aromatic rings. The lowest BCUT2D eigenvalue weighted by Crippen LogP contribution is -2.02. The summed E-state index contributed by atoms with van der Waals surface area (Å²) in [6, 6.07) is 0. The molecule has 1 atom stereocenters. The Morgan fingerprint density at radius 3 is 1.78 bits per heavy atom. The lowest BCUT2D eigenvalue weighted by atomic mass is 9.90. The van der Waals surface area contributed by atoms with Crippen molar-refractivity contribution in [1.29, 1.82) is 0 Å². The molecule has 0 amide bonds. The monoisotopic (exact) mass is 446 g/mol. The molecule has 0 aliphatic heterocycles. The molecule has 0 fully saturated rings. The first-order valence-corrected chi connectivity index (χ1v) is 11.1. The van der Waals surface area contributed by atoms with Crippen LogP contribution in [0.1, 0.15) is 61.3 Å². The second-order valence-corrected chi connectivity index (χ2v) is 7.42. The summed E-state index contributed by atoms with van der Waals surface area (Å²) in [5, 5.41) is 0. The minimum Gasteiger partial charge on any atom is -0.497 e. The Kier molecular flexibility index (Phi) is 28.7. The molecule has 32 heavy (non-hydrogen) atoms. The number of carbonyl (C=O) groups excluding carboxylic acids is 1. The van der Waals surface area contributed by atoms with Gasteiger partial charge in [0, 0.05) is 12.7 Å². The molecular formula is C29H50O3. The number of methoxy groups -OCH3 is 2. The van der Waals surface area contributed by atoms with Gasteiger partial charge in [-0.25, -0.2) is 0 Å². The van der Waals surface area contributed by atoms with Crippen molar-refractivity contribution in [3.05, 3.63) is 84.7 Å². The minimum absolute atomic E-state index is 0.417. The number of hydrogen-bond acceptors (Lipinski definition) is 3. The molecule has 184 valence electrons. The van der Waals surface area contributed by atoms with E-state index < -0.39 is 0 Å². The van der Waals surface area contributed by atoms with Gasteiger partial charge in [-0.15, -0.1) is 6.58 Å². The smallest absolute Gasteiger partial charge is 0.117 e. The number of carbonyl (C=O) groups is 1. The highest BCUT2D eigenvalue weighted by molar-refractivity contribution is 5.52. The van der Waals surface area contributed by atoms with E-state index in [-0.39, 0.29) is 0 Å². The van der Waals surface area contributed by atoms with Gasteiger partial charge in [-0.2, -0.15) is 0 Å². The summed E-state index contributed by atoms with van der Waals surface area (Å²) in [6.07, 6.45) is 8.15. The van der Waals surface area contributed by atoms with Crippen molar-refractivity contribution in [3.8, 4) is 0 Å². The summed E-state index contributed by atoms with van der Waals surface area (Å²) >= 11 is 0. The summed E-state index contributed by atoms with van der Waals surface area (Å²) < 4.78 is 10.4. The van der Waals surface area contributed by atoms with Gasteiger partial charge in [-0.3, -0.25) is 0 Å². The van der Waals surface area contributed by atoms with Crippen LogP contribution in [0.4, 0.5) is 0 Å². The van der Waals surface area contributed by atoms with E-state index in [1.165, 1.54) is 6.42 Å². The van der Waals surface area contributed by atoms with Crippen LogP contribution in [-0.2, 0) is 14.3 Å². The zero-order chi connectivity index (χ0) is 26.3. The van der Waals surface area contributed by atoms with Crippen molar-refractivity contribution >= 4 is 6.79 Å². The van der Waals surface area contributed by atoms with Crippen LogP contribution < -0.4 is 0 Å². The fourth-order valence-corrected chi connectivity index (χ4v) is 2.32. The third kappa shape index (κ3) is 19.6. The average molecular weight is 447 g/mol. The second-order valence-electron chi connectivity index (χ2n) is 7.42. The molecule has 3 nitrogen and oxygen atoms in total. The molecule has 0 aromatic carbocycles. The molecule has 1 unspecified atom stereocenters. The normalized spacial score (nSPS) is 11.3. The van der Waals surface area contributed by atoms with Crippen LogP contribution in [0.2, 0.25) is 0 Å². The van der Waals surface area contributed by atoms with Crippen molar-refractivity contribution in [3.63, 3.8) is 0 Å². The highest BCUT2D eigenvalue weighted by Crippen LogP contribution is 2.25. The summed E-state index contributed by atoms with van der Waals surface area (Å²) in [5.41, 5.74) is 4.77. The van der Waals surface area contributed by atoms with Gasteiger partial charge in [-0.05, 0) is 54.9 Å². The van der Waals surface area contributed by atoms with Crippen molar-refractivity contribution in [1.82, 2.24) is 0 Å². The quantitative estimate of drug-likeness (QED) is 0.171. The molecule has 0 saturated heterocycles. The van der Waals surface area contributed by atoms with Gasteiger partial charge < -0.3 is 14.3 Å². The Morgan fingerprint density at radius 1 is 0.938 bits per heavy atom. The molecule has 0 N–H and O–H groups in total. The van der Waals surface area contributed by atoms with E-state index in [0.717, 1.165) is 34.3 Å². The zero-order valence-corrected chi connectivity index (χ0v) is 22.5. The van der Waals surface area contributed by atoms with Crippen LogP contribution in [-0.4, -0.2) is 27.6 Å². The maximum Gasteiger partial charge on any atom is 0.117 e. The molecule has 0 heterocycles. The predicted molar refractivity (Wildman–Crippen MR) is 145 cm³/mol. The molecule has 0 aliphatic rings. The summed E-state index contributed by atoms with van der Waals surface area (Å²) in [5.74, 6) is 1.75. The highest BCUT2D eigenvalue weighted by Gasteiger charge is 2.09. The van der Waals surface area contributed by atoms with Crippen LogP contribution >= 0.6 is 0 Å². The molecule has 0 bridgehead atoms. The van der Waals surface area contributed by atoms with Crippen LogP contribution in [0.25, 0.3) is 0 Å². The summed E-state index contributed by atoms with van der Waals surface area (Å²) in [4.78, 5) is 8.00. The van der Waals surface area contributed by atoms with Gasteiger partial charge in [-0.1, -0.05) is 85.1 Å². The number of allylic oxidation sites excluding steroid dienone is 7. The topological polar surface area (TPSA) is 35.5 Å². The standard InChI is InChI=1S/C23H36O2.C3H6.C2H6.CH2O/c1-16(2)11-12-17(3)18(4)13-19(5)21(7)20(6)14-23(15-24-9)22(8)25-10;1-3-2;2*1-2/h13-14,16-17H,4,6-8,11-12,15H2,1-3,5,9-10H3;3H,1H2,2H3;1-2H3;1H2/b19-13-,23-14-;;;. The van der Waals surface area contributed by atoms with E-state index in [1.807, 2.05) is 40.6 Å². The third-order valence-corrected chi connectivity index (χ3v) is 4.33. The first-order chi connectivity index (χ1) is 15.0. The van der Waals surface area contributed by atoms with Crippen LogP contribution in [0, 0.1) is 11.8 Å². The van der Waals surface area contributed by atoms with E-state index >= 15 is 0 Å². The van der Waals surface area contributed by atoms with Gasteiger partial charge in [0.2, 0.25) is 0 Å². The zero-order valence-electron chi connectivity index (χ0n) is 22.5. The van der Waals surface area contributed by atoms with Crippen LogP contribution in [0.3, 0.4) is 0 Å². The SMILES string of the molecule is C=C(/C=C(/COC)C(=C)OC)C(=C)/C(C)=C\C(=C)C(C)CCC(C)C.C=CC.C=O.CC. The maximum atomic E-state index is 8.00. The Bertz CT molecular complexity index is 618. The van der Waals surface area contributed by atoms with Crippen molar-refractivity contribution in [2.45, 2.75) is 61.3 Å². The largest absolute Gasteiger partial charge is 0.497 e. The van der Waals surface area contributed by atoms with E-state index in [0.29, 0.717) is 24.2 Å². The van der Waals surface area contributed by atoms with E-state index in [2.05, 4.69) is 59.7 Å². The second kappa shape index (κ2) is 24.9. The van der Waals surface area contributed by atoms with Crippen LogP contribution in [0.5, 0.6) is 0 Å². The molecule has 0 aliphatic carbocycles. The fourth-order valence-electron chi connectivity index (χ4n) is 2.32. The van der Waals surface area contributed by atoms with E-state index in [9.17, 15) is 0 Å². The molecule has 0 spiro atoms. The predicted octanol–water partition coefficient (Wildman–Crippen LogP) is 8.44. The van der Waals surface area contributed by atoms with Gasteiger partial charge in [0.05, 0.1) is 13.7 Å². The van der Waals surface area contributed by atoms with Crippen molar-refractivity contribution in [2.75, 3.05) is 20.8 Å². The average Bonchev–Trinajstić information content (AvgIpc) is 2.78. The highest BCUT2D eigenvalue weighted by atomic mass is 16.5. The number of ether oxygens (including phenoxy) is 2. The molecule has 0 aromatic heterocycles. The van der Waals surface area contributed by atoms with Gasteiger partial charge >= 0.3 is 0 Å².